The van der Waals surface area contributed by atoms with E-state index in [-0.39, 0.29) is 11.5 Å². The van der Waals surface area contributed by atoms with E-state index in [1.54, 1.807) is 24.3 Å². The van der Waals surface area contributed by atoms with Crippen molar-refractivity contribution in [1.29, 1.82) is 0 Å². The van der Waals surface area contributed by atoms with Crippen molar-refractivity contribution in [2.75, 3.05) is 11.0 Å². The minimum absolute atomic E-state index is 0.0262. The van der Waals surface area contributed by atoms with Crippen molar-refractivity contribution in [2.24, 2.45) is 0 Å². The molecule has 0 bridgehead atoms. The molecule has 2 aromatic carbocycles. The Bertz CT molecular complexity index is 1040. The number of carbonyl (C=O) groups excluding carboxylic acids is 1. The fourth-order valence-electron chi connectivity index (χ4n) is 2.22. The van der Waals surface area contributed by atoms with Crippen molar-refractivity contribution in [3.8, 4) is 17.1 Å². The summed E-state index contributed by atoms with van der Waals surface area (Å²) in [5.41, 5.74) is 1.04. The lowest BCUT2D eigenvalue weighted by Gasteiger charge is -2.06. The molecule has 26 heavy (non-hydrogen) atoms. The summed E-state index contributed by atoms with van der Waals surface area (Å²) in [4.78, 5) is 12.2. The van der Waals surface area contributed by atoms with Gasteiger partial charge in [0.05, 0.1) is 11.3 Å². The summed E-state index contributed by atoms with van der Waals surface area (Å²) in [6, 6.07) is 16.2. The number of carbonyl (C=O) groups is 1. The third kappa shape index (κ3) is 4.44. The number of esters is 1. The molecule has 0 saturated carbocycles. The molecule has 0 fully saturated rings. The number of hydrogen-bond donors (Lipinski definition) is 1. The second-order valence-electron chi connectivity index (χ2n) is 5.43. The van der Waals surface area contributed by atoms with Crippen molar-refractivity contribution in [3.63, 3.8) is 0 Å². The Balaban J connectivity index is 1.72. The van der Waals surface area contributed by atoms with Gasteiger partial charge in [0.25, 0.3) is 0 Å². The third-order valence-electron chi connectivity index (χ3n) is 3.31. The van der Waals surface area contributed by atoms with Crippen LogP contribution in [0, 0.1) is 0 Å². The van der Waals surface area contributed by atoms with Gasteiger partial charge in [-0.15, -0.1) is 0 Å². The smallest absolute Gasteiger partial charge is 0.379 e. The van der Waals surface area contributed by atoms with Gasteiger partial charge in [-0.2, -0.15) is 0 Å². The molecular formula is C18H14ClNO5S. The molecule has 134 valence electrons. The standard InChI is InChI=1S/C18H14ClNO5S/c1-26(22,23)20-12-6-8-13(9-7-12)24-18(21)17-11-10-16(25-17)14-4-2-3-5-15(14)19/h2-11,20H,1H3. The molecule has 1 heterocycles. The number of sulfonamides is 1. The summed E-state index contributed by atoms with van der Waals surface area (Å²) in [5.74, 6) is 0.0605. The van der Waals surface area contributed by atoms with E-state index in [0.29, 0.717) is 22.0 Å². The minimum Gasteiger partial charge on any atom is -0.449 e. The van der Waals surface area contributed by atoms with E-state index in [9.17, 15) is 13.2 Å². The summed E-state index contributed by atoms with van der Waals surface area (Å²) in [7, 11) is -3.37. The first-order valence-corrected chi connectivity index (χ1v) is 9.73. The molecule has 3 aromatic rings. The van der Waals surface area contributed by atoms with Gasteiger partial charge in [-0.3, -0.25) is 4.72 Å². The van der Waals surface area contributed by atoms with Crippen LogP contribution >= 0.6 is 11.6 Å². The topological polar surface area (TPSA) is 85.6 Å². The van der Waals surface area contributed by atoms with E-state index in [0.717, 1.165) is 6.26 Å². The molecule has 0 radical (unpaired) electrons. The molecule has 0 aliphatic rings. The van der Waals surface area contributed by atoms with Gasteiger partial charge in [-0.1, -0.05) is 23.7 Å². The number of halogens is 1. The van der Waals surface area contributed by atoms with Gasteiger partial charge in [0.15, 0.2) is 0 Å². The number of hydrogen-bond acceptors (Lipinski definition) is 5. The van der Waals surface area contributed by atoms with Crippen molar-refractivity contribution >= 4 is 33.3 Å². The van der Waals surface area contributed by atoms with Crippen LogP contribution in [-0.4, -0.2) is 20.6 Å². The van der Waals surface area contributed by atoms with Gasteiger partial charge in [0, 0.05) is 11.3 Å². The quantitative estimate of drug-likeness (QED) is 0.520. The van der Waals surface area contributed by atoms with Crippen LogP contribution in [0.4, 0.5) is 5.69 Å². The first-order chi connectivity index (χ1) is 12.3. The van der Waals surface area contributed by atoms with Crippen LogP contribution in [-0.2, 0) is 10.0 Å². The zero-order chi connectivity index (χ0) is 18.7. The predicted octanol–water partition coefficient (Wildman–Crippen LogP) is 4.19. The Morgan fingerprint density at radius 2 is 1.73 bits per heavy atom. The van der Waals surface area contributed by atoms with Crippen molar-refractivity contribution in [1.82, 2.24) is 0 Å². The summed E-state index contributed by atoms with van der Waals surface area (Å²) in [6.45, 7) is 0. The number of rotatable bonds is 5. The maximum Gasteiger partial charge on any atom is 0.379 e. The molecule has 0 aliphatic heterocycles. The Labute approximate surface area is 155 Å². The Hall–Kier alpha value is -2.77. The van der Waals surface area contributed by atoms with Crippen LogP contribution in [0.25, 0.3) is 11.3 Å². The number of nitrogens with one attached hydrogen (secondary N) is 1. The lowest BCUT2D eigenvalue weighted by atomic mass is 10.2. The van der Waals surface area contributed by atoms with Gasteiger partial charge in [-0.25, -0.2) is 13.2 Å². The monoisotopic (exact) mass is 391 g/mol. The van der Waals surface area contributed by atoms with E-state index in [4.69, 9.17) is 20.8 Å². The van der Waals surface area contributed by atoms with Crippen molar-refractivity contribution in [2.45, 2.75) is 0 Å². The van der Waals surface area contributed by atoms with Gasteiger partial charge in [0.2, 0.25) is 15.8 Å². The Morgan fingerprint density at radius 3 is 2.38 bits per heavy atom. The van der Waals surface area contributed by atoms with E-state index >= 15 is 0 Å². The first-order valence-electron chi connectivity index (χ1n) is 7.46. The highest BCUT2D eigenvalue weighted by Gasteiger charge is 2.16. The number of furan rings is 1. The zero-order valence-electron chi connectivity index (χ0n) is 13.6. The van der Waals surface area contributed by atoms with E-state index < -0.39 is 16.0 Å². The van der Waals surface area contributed by atoms with Crippen molar-refractivity contribution in [3.05, 3.63) is 71.4 Å². The molecule has 8 heteroatoms. The average Bonchev–Trinajstić information content (AvgIpc) is 3.06. The second-order valence-corrected chi connectivity index (χ2v) is 7.59. The predicted molar refractivity (Wildman–Crippen MR) is 99.0 cm³/mol. The first kappa shape index (κ1) is 18.0. The van der Waals surface area contributed by atoms with Crippen LogP contribution in [0.15, 0.2) is 65.1 Å². The van der Waals surface area contributed by atoms with Crippen molar-refractivity contribution < 1.29 is 22.4 Å². The fraction of sp³-hybridized carbons (Fsp3) is 0.0556. The fourth-order valence-corrected chi connectivity index (χ4v) is 3.01. The molecule has 3 rings (SSSR count). The lowest BCUT2D eigenvalue weighted by molar-refractivity contribution is 0.0702. The molecule has 1 N–H and O–H groups in total. The summed E-state index contributed by atoms with van der Waals surface area (Å²) in [5, 5.41) is 0.510. The summed E-state index contributed by atoms with van der Waals surface area (Å²) < 4.78 is 35.4. The van der Waals surface area contributed by atoms with E-state index in [1.165, 1.54) is 30.3 Å². The average molecular weight is 392 g/mol. The largest absolute Gasteiger partial charge is 0.449 e. The summed E-state index contributed by atoms with van der Waals surface area (Å²) >= 11 is 6.11. The third-order valence-corrected chi connectivity index (χ3v) is 4.25. The number of benzene rings is 2. The highest BCUT2D eigenvalue weighted by molar-refractivity contribution is 7.92. The summed E-state index contributed by atoms with van der Waals surface area (Å²) in [6.07, 6.45) is 1.05. The highest BCUT2D eigenvalue weighted by Crippen LogP contribution is 2.29. The molecule has 0 spiro atoms. The SMILES string of the molecule is CS(=O)(=O)Nc1ccc(OC(=O)c2ccc(-c3ccccc3Cl)o2)cc1. The van der Waals surface area contributed by atoms with Gasteiger partial charge in [-0.05, 0) is 48.5 Å². The molecular weight excluding hydrogens is 378 g/mol. The maximum atomic E-state index is 12.2. The second kappa shape index (κ2) is 7.23. The molecule has 0 amide bonds. The van der Waals surface area contributed by atoms with Gasteiger partial charge >= 0.3 is 5.97 Å². The van der Waals surface area contributed by atoms with E-state index in [2.05, 4.69) is 4.72 Å². The maximum absolute atomic E-state index is 12.2. The normalized spacial score (nSPS) is 11.2. The molecule has 0 saturated heterocycles. The van der Waals surface area contributed by atoms with Crippen LogP contribution in [0.2, 0.25) is 5.02 Å². The molecule has 1 aromatic heterocycles. The van der Waals surface area contributed by atoms with Gasteiger partial charge < -0.3 is 9.15 Å². The zero-order valence-corrected chi connectivity index (χ0v) is 15.2. The number of ether oxygens (including phenoxy) is 1. The van der Waals surface area contributed by atoms with Crippen LogP contribution in [0.3, 0.4) is 0 Å². The molecule has 6 nitrogen and oxygen atoms in total. The Morgan fingerprint density at radius 1 is 1.04 bits per heavy atom. The van der Waals surface area contributed by atoms with Crippen LogP contribution in [0.5, 0.6) is 5.75 Å². The lowest BCUT2D eigenvalue weighted by Crippen LogP contribution is -2.10. The molecule has 0 unspecified atom stereocenters. The van der Waals surface area contributed by atoms with E-state index in [1.807, 2.05) is 6.07 Å². The Kier molecular flexibility index (Phi) is 5.01. The molecule has 0 aliphatic carbocycles. The minimum atomic E-state index is -3.37. The van der Waals surface area contributed by atoms with Crippen LogP contribution in [0.1, 0.15) is 10.6 Å². The highest BCUT2D eigenvalue weighted by atomic mass is 35.5. The molecule has 0 atom stereocenters. The van der Waals surface area contributed by atoms with Gasteiger partial charge in [0.1, 0.15) is 11.5 Å². The number of anilines is 1. The van der Waals surface area contributed by atoms with Crippen LogP contribution < -0.4 is 9.46 Å².